The quantitative estimate of drug-likeness (QED) is 0.336. The number of carbonyl (C=O) groups is 1. The first-order valence-corrected chi connectivity index (χ1v) is 7.58. The summed E-state index contributed by atoms with van der Waals surface area (Å²) in [5.74, 6) is 1.35. The van der Waals surface area contributed by atoms with Gasteiger partial charge in [-0.15, -0.1) is 12.8 Å². The number of ketones is 1. The molecule has 0 aromatic rings. The van der Waals surface area contributed by atoms with Crippen LogP contribution >= 0.6 is 0 Å². The van der Waals surface area contributed by atoms with Crippen molar-refractivity contribution in [3.63, 3.8) is 0 Å². The van der Waals surface area contributed by atoms with E-state index in [0.717, 1.165) is 24.8 Å². The lowest BCUT2D eigenvalue weighted by atomic mass is 9.57. The molecule has 0 amide bonds. The fourth-order valence-corrected chi connectivity index (χ4v) is 3.35. The van der Waals surface area contributed by atoms with Crippen LogP contribution in [0, 0.1) is 30.1 Å². The van der Waals surface area contributed by atoms with E-state index in [0.29, 0.717) is 12.0 Å². The van der Waals surface area contributed by atoms with Crippen molar-refractivity contribution in [1.29, 1.82) is 0 Å². The standard InChI is InChI=1S/C19H19F2NO/c1-4-14(12-16(22-3)17(23)5-2)11-15-7-10-19(20,21)13-18(15)8-6-9-18/h1-2,7,12H,6,8-11,13H2,3H3/b14-12+,22-16?. The van der Waals surface area contributed by atoms with Gasteiger partial charge >= 0.3 is 0 Å². The third kappa shape index (κ3) is 3.59. The molecule has 0 heterocycles. The highest BCUT2D eigenvalue weighted by Crippen LogP contribution is 2.57. The first-order valence-electron chi connectivity index (χ1n) is 7.58. The number of rotatable bonds is 4. The normalized spacial score (nSPS) is 22.6. The van der Waals surface area contributed by atoms with E-state index in [9.17, 15) is 13.6 Å². The maximum atomic E-state index is 13.7. The Balaban J connectivity index is 2.26. The van der Waals surface area contributed by atoms with Crippen LogP contribution < -0.4 is 0 Å². The summed E-state index contributed by atoms with van der Waals surface area (Å²) in [6, 6.07) is 0. The van der Waals surface area contributed by atoms with Crippen molar-refractivity contribution < 1.29 is 13.6 Å². The van der Waals surface area contributed by atoms with Crippen molar-refractivity contribution >= 4 is 11.5 Å². The number of Topliss-reactive ketones (excluding diaryl/α,β-unsaturated/α-hetero) is 1. The summed E-state index contributed by atoms with van der Waals surface area (Å²) in [6.45, 7) is 0. The van der Waals surface area contributed by atoms with Crippen molar-refractivity contribution in [3.05, 3.63) is 23.3 Å². The first kappa shape index (κ1) is 17.2. The van der Waals surface area contributed by atoms with Gasteiger partial charge in [-0.25, -0.2) is 8.78 Å². The van der Waals surface area contributed by atoms with Crippen LogP contribution in [-0.4, -0.2) is 24.5 Å². The molecule has 2 rings (SSSR count). The summed E-state index contributed by atoms with van der Waals surface area (Å²) in [5, 5.41) is 0. The molecule has 2 nitrogen and oxygen atoms in total. The molecule has 0 unspecified atom stereocenters. The van der Waals surface area contributed by atoms with Gasteiger partial charge in [0.25, 0.3) is 11.7 Å². The van der Waals surface area contributed by atoms with Gasteiger partial charge < -0.3 is 0 Å². The molecular weight excluding hydrogens is 296 g/mol. The van der Waals surface area contributed by atoms with E-state index in [2.05, 4.69) is 10.9 Å². The van der Waals surface area contributed by atoms with Crippen LogP contribution in [0.15, 0.2) is 28.3 Å². The maximum absolute atomic E-state index is 13.7. The predicted octanol–water partition coefficient (Wildman–Crippen LogP) is 3.74. The Morgan fingerprint density at radius 2 is 2.09 bits per heavy atom. The molecular formula is C19H19F2NO. The first-order chi connectivity index (χ1) is 10.9. The highest BCUT2D eigenvalue weighted by Gasteiger charge is 2.50. The van der Waals surface area contributed by atoms with Gasteiger partial charge in [-0.2, -0.15) is 0 Å². The van der Waals surface area contributed by atoms with Crippen molar-refractivity contribution in [2.45, 2.75) is 44.4 Å². The number of terminal acetylenes is 2. The number of hydrogen-bond donors (Lipinski definition) is 0. The molecule has 2 aliphatic carbocycles. The van der Waals surface area contributed by atoms with Crippen molar-refractivity contribution in [2.75, 3.05) is 7.05 Å². The SMILES string of the molecule is C#CC(=O)C(/C=C(\C#C)CC1=CCC(F)(F)CC12CCC2)=NC. The highest BCUT2D eigenvalue weighted by atomic mass is 19.3. The number of hydrogen-bond acceptors (Lipinski definition) is 2. The second-order valence-corrected chi connectivity index (χ2v) is 6.17. The minimum Gasteiger partial charge on any atom is -0.284 e. The fourth-order valence-electron chi connectivity index (χ4n) is 3.35. The van der Waals surface area contributed by atoms with Crippen LogP contribution in [-0.2, 0) is 4.79 Å². The Morgan fingerprint density at radius 1 is 1.39 bits per heavy atom. The van der Waals surface area contributed by atoms with Gasteiger partial charge in [-0.3, -0.25) is 9.79 Å². The van der Waals surface area contributed by atoms with E-state index in [1.807, 2.05) is 5.92 Å². The second-order valence-electron chi connectivity index (χ2n) is 6.17. The number of halogens is 2. The maximum Gasteiger partial charge on any atom is 0.253 e. The number of carbonyl (C=O) groups excluding carboxylic acids is 1. The summed E-state index contributed by atoms with van der Waals surface area (Å²) in [4.78, 5) is 15.4. The summed E-state index contributed by atoms with van der Waals surface area (Å²) in [7, 11) is 1.46. The minimum atomic E-state index is -2.64. The van der Waals surface area contributed by atoms with Gasteiger partial charge in [0, 0.05) is 31.9 Å². The molecule has 0 saturated heterocycles. The molecule has 0 radical (unpaired) electrons. The number of nitrogens with zero attached hydrogens (tertiary/aromatic N) is 1. The molecule has 1 saturated carbocycles. The lowest BCUT2D eigenvalue weighted by Crippen LogP contribution is -2.41. The van der Waals surface area contributed by atoms with Gasteiger partial charge in [0.1, 0.15) is 5.71 Å². The Labute approximate surface area is 135 Å². The zero-order valence-corrected chi connectivity index (χ0v) is 13.2. The van der Waals surface area contributed by atoms with Crippen LogP contribution in [0.3, 0.4) is 0 Å². The zero-order valence-electron chi connectivity index (χ0n) is 13.2. The van der Waals surface area contributed by atoms with Gasteiger partial charge in [0.05, 0.1) is 0 Å². The monoisotopic (exact) mass is 315 g/mol. The number of alkyl halides is 2. The third-order valence-electron chi connectivity index (χ3n) is 4.72. The van der Waals surface area contributed by atoms with Gasteiger partial charge in [-0.1, -0.05) is 24.0 Å². The zero-order chi connectivity index (χ0) is 17.1. The summed E-state index contributed by atoms with van der Waals surface area (Å²) in [5.41, 5.74) is 1.18. The molecule has 120 valence electrons. The summed E-state index contributed by atoms with van der Waals surface area (Å²) < 4.78 is 27.5. The van der Waals surface area contributed by atoms with E-state index in [4.69, 9.17) is 12.8 Å². The Bertz CT molecular complexity index is 679. The Hall–Kier alpha value is -2.20. The topological polar surface area (TPSA) is 29.4 Å². The summed E-state index contributed by atoms with van der Waals surface area (Å²) in [6.07, 6.45) is 16.3. The number of aliphatic imine (C=N–C) groups is 1. The smallest absolute Gasteiger partial charge is 0.253 e. The van der Waals surface area contributed by atoms with Crippen LogP contribution in [0.1, 0.15) is 38.5 Å². The van der Waals surface area contributed by atoms with E-state index < -0.39 is 17.1 Å². The van der Waals surface area contributed by atoms with Crippen LogP contribution in [0.25, 0.3) is 0 Å². The molecule has 0 aromatic heterocycles. The van der Waals surface area contributed by atoms with E-state index in [1.54, 1.807) is 6.08 Å². The van der Waals surface area contributed by atoms with Crippen LogP contribution in [0.5, 0.6) is 0 Å². The lowest BCUT2D eigenvalue weighted by Gasteiger charge is -2.48. The molecule has 0 bridgehead atoms. The van der Waals surface area contributed by atoms with Crippen LogP contribution in [0.2, 0.25) is 0 Å². The van der Waals surface area contributed by atoms with E-state index >= 15 is 0 Å². The second kappa shape index (κ2) is 6.50. The molecule has 23 heavy (non-hydrogen) atoms. The Morgan fingerprint density at radius 3 is 2.57 bits per heavy atom. The van der Waals surface area contributed by atoms with Gasteiger partial charge in [-0.05, 0) is 30.3 Å². The minimum absolute atomic E-state index is 0.109. The Kier molecular flexibility index (Phi) is 4.85. The molecule has 2 aliphatic rings. The molecule has 1 spiro atoms. The fraction of sp³-hybridized carbons (Fsp3) is 0.474. The summed E-state index contributed by atoms with van der Waals surface area (Å²) >= 11 is 0. The average Bonchev–Trinajstić information content (AvgIpc) is 2.49. The molecule has 0 atom stereocenters. The molecule has 0 aromatic carbocycles. The molecule has 1 fully saturated rings. The predicted molar refractivity (Wildman–Crippen MR) is 87.3 cm³/mol. The van der Waals surface area contributed by atoms with Gasteiger partial charge in [0.2, 0.25) is 0 Å². The largest absolute Gasteiger partial charge is 0.284 e. The van der Waals surface area contributed by atoms with Crippen molar-refractivity contribution in [1.82, 2.24) is 0 Å². The average molecular weight is 315 g/mol. The van der Waals surface area contributed by atoms with Crippen molar-refractivity contribution in [2.24, 2.45) is 10.4 Å². The highest BCUT2D eigenvalue weighted by molar-refractivity contribution is 6.50. The molecule has 4 heteroatoms. The lowest BCUT2D eigenvalue weighted by molar-refractivity contribution is -0.108. The van der Waals surface area contributed by atoms with E-state index in [-0.39, 0.29) is 18.6 Å². The number of allylic oxidation sites excluding steroid dienone is 4. The van der Waals surface area contributed by atoms with E-state index in [1.165, 1.54) is 13.1 Å². The van der Waals surface area contributed by atoms with Gasteiger partial charge in [0.15, 0.2) is 0 Å². The van der Waals surface area contributed by atoms with Crippen molar-refractivity contribution in [3.8, 4) is 24.7 Å². The third-order valence-corrected chi connectivity index (χ3v) is 4.72. The molecule has 0 N–H and O–H groups in total. The van der Waals surface area contributed by atoms with Crippen LogP contribution in [0.4, 0.5) is 8.78 Å². The molecule has 0 aliphatic heterocycles.